The number of nitrogens with one attached hydrogen (secondary N) is 2. The molecule has 0 saturated heterocycles. The summed E-state index contributed by atoms with van der Waals surface area (Å²) >= 11 is 1.99. The minimum atomic E-state index is -0.475. The molecule has 0 saturated carbocycles. The molecule has 0 unspecified atom stereocenters. The zero-order chi connectivity index (χ0) is 11.5. The van der Waals surface area contributed by atoms with Gasteiger partial charge in [0, 0.05) is 13.1 Å². The molecule has 88 valence electrons. The summed E-state index contributed by atoms with van der Waals surface area (Å²) in [6.07, 6.45) is -0.475. The summed E-state index contributed by atoms with van der Waals surface area (Å²) < 4.78 is 9.94. The maximum absolute atomic E-state index is 10.8. The number of amides is 2. The largest absolute Gasteiger partial charge is 0.453 e. The van der Waals surface area contributed by atoms with Gasteiger partial charge in [-0.25, -0.2) is 4.79 Å². The highest BCUT2D eigenvalue weighted by Gasteiger charge is 1.97. The Morgan fingerprint density at radius 3 is 2.33 bits per heavy atom. The number of ether oxygens (including phenoxy) is 2. The van der Waals surface area contributed by atoms with Crippen LogP contribution in [0.2, 0.25) is 0 Å². The van der Waals surface area contributed by atoms with Gasteiger partial charge in [0.2, 0.25) is 5.91 Å². The standard InChI is InChI=1S/C8H15IN2O4/c1-14-8(13)11-3-5-15-4-2-10-7(12)6-9/h2-6H2,1H3,(H,10,12)(H,11,13). The Balaban J connectivity index is 3.11. The monoisotopic (exact) mass is 330 g/mol. The van der Waals surface area contributed by atoms with Gasteiger partial charge in [-0.15, -0.1) is 0 Å². The van der Waals surface area contributed by atoms with Crippen molar-refractivity contribution in [2.24, 2.45) is 0 Å². The predicted molar refractivity (Wildman–Crippen MR) is 63.1 cm³/mol. The molecule has 0 aromatic heterocycles. The molecular weight excluding hydrogens is 315 g/mol. The molecule has 0 aliphatic rings. The molecule has 0 heterocycles. The van der Waals surface area contributed by atoms with E-state index in [0.717, 1.165) is 0 Å². The van der Waals surface area contributed by atoms with Crippen LogP contribution in [-0.4, -0.2) is 49.8 Å². The summed E-state index contributed by atoms with van der Waals surface area (Å²) in [6.45, 7) is 1.72. The maximum Gasteiger partial charge on any atom is 0.406 e. The van der Waals surface area contributed by atoms with Crippen molar-refractivity contribution in [1.82, 2.24) is 10.6 Å². The van der Waals surface area contributed by atoms with Crippen molar-refractivity contribution in [2.75, 3.05) is 37.8 Å². The Kier molecular flexibility index (Phi) is 9.59. The first-order chi connectivity index (χ1) is 7.20. The van der Waals surface area contributed by atoms with Crippen LogP contribution in [0.15, 0.2) is 0 Å². The van der Waals surface area contributed by atoms with Gasteiger partial charge in [0.1, 0.15) is 0 Å². The lowest BCUT2D eigenvalue weighted by Crippen LogP contribution is -2.30. The number of methoxy groups -OCH3 is 1. The Morgan fingerprint density at radius 2 is 1.80 bits per heavy atom. The van der Waals surface area contributed by atoms with Gasteiger partial charge in [0.05, 0.1) is 24.8 Å². The van der Waals surface area contributed by atoms with Crippen LogP contribution >= 0.6 is 22.6 Å². The number of carbonyl (C=O) groups excluding carboxylic acids is 2. The predicted octanol–water partition coefficient (Wildman–Crippen LogP) is -0.0898. The molecule has 0 bridgehead atoms. The van der Waals surface area contributed by atoms with Crippen molar-refractivity contribution in [3.8, 4) is 0 Å². The van der Waals surface area contributed by atoms with Crippen LogP contribution in [0.1, 0.15) is 0 Å². The van der Waals surface area contributed by atoms with Crippen molar-refractivity contribution >= 4 is 34.6 Å². The van der Waals surface area contributed by atoms with Gasteiger partial charge in [-0.05, 0) is 0 Å². The summed E-state index contributed by atoms with van der Waals surface area (Å²) in [5.74, 6) is -0.00751. The molecule has 2 N–H and O–H groups in total. The average molecular weight is 330 g/mol. The average Bonchev–Trinajstić information content (AvgIpc) is 2.26. The van der Waals surface area contributed by atoms with Crippen LogP contribution in [0, 0.1) is 0 Å². The molecule has 0 rings (SSSR count). The van der Waals surface area contributed by atoms with E-state index in [1.54, 1.807) is 0 Å². The molecule has 0 radical (unpaired) electrons. The van der Waals surface area contributed by atoms with E-state index in [0.29, 0.717) is 30.7 Å². The van der Waals surface area contributed by atoms with E-state index < -0.39 is 6.09 Å². The first kappa shape index (κ1) is 14.4. The van der Waals surface area contributed by atoms with E-state index >= 15 is 0 Å². The number of alkyl halides is 1. The lowest BCUT2D eigenvalue weighted by atomic mass is 10.6. The quantitative estimate of drug-likeness (QED) is 0.389. The second kappa shape index (κ2) is 9.97. The fraction of sp³-hybridized carbons (Fsp3) is 0.750. The highest BCUT2D eigenvalue weighted by Crippen LogP contribution is 1.79. The molecule has 0 aromatic rings. The van der Waals surface area contributed by atoms with Gasteiger partial charge in [0.25, 0.3) is 0 Å². The third-order valence-electron chi connectivity index (χ3n) is 1.39. The Bertz CT molecular complexity index is 181. The van der Waals surface area contributed by atoms with Gasteiger partial charge >= 0.3 is 6.09 Å². The van der Waals surface area contributed by atoms with E-state index in [2.05, 4.69) is 15.4 Å². The Morgan fingerprint density at radius 1 is 1.20 bits per heavy atom. The van der Waals surface area contributed by atoms with Crippen molar-refractivity contribution in [3.63, 3.8) is 0 Å². The highest BCUT2D eigenvalue weighted by atomic mass is 127. The Hall–Kier alpha value is -0.570. The van der Waals surface area contributed by atoms with Crippen LogP contribution in [0.4, 0.5) is 4.79 Å². The second-order valence-electron chi connectivity index (χ2n) is 2.51. The summed E-state index contributed by atoms with van der Waals surface area (Å²) in [4.78, 5) is 21.4. The molecule has 15 heavy (non-hydrogen) atoms. The Labute approximate surface area is 102 Å². The van der Waals surface area contributed by atoms with Gasteiger partial charge < -0.3 is 20.1 Å². The first-order valence-electron chi connectivity index (χ1n) is 4.43. The van der Waals surface area contributed by atoms with E-state index in [1.807, 2.05) is 22.6 Å². The molecule has 6 nitrogen and oxygen atoms in total. The minimum absolute atomic E-state index is 0.00751. The fourth-order valence-corrected chi connectivity index (χ4v) is 0.979. The SMILES string of the molecule is COC(=O)NCCOCCNC(=O)CI. The minimum Gasteiger partial charge on any atom is -0.453 e. The molecule has 2 amide bonds. The fourth-order valence-electron chi connectivity index (χ4n) is 0.709. The molecule has 0 aliphatic heterocycles. The third kappa shape index (κ3) is 9.73. The molecule has 7 heteroatoms. The number of halogens is 1. The van der Waals surface area contributed by atoms with E-state index in [1.165, 1.54) is 7.11 Å². The van der Waals surface area contributed by atoms with Crippen molar-refractivity contribution in [3.05, 3.63) is 0 Å². The smallest absolute Gasteiger partial charge is 0.406 e. The van der Waals surface area contributed by atoms with Gasteiger partial charge in [-0.3, -0.25) is 4.79 Å². The van der Waals surface area contributed by atoms with Crippen LogP contribution < -0.4 is 10.6 Å². The van der Waals surface area contributed by atoms with Crippen LogP contribution in [0.3, 0.4) is 0 Å². The lowest BCUT2D eigenvalue weighted by molar-refractivity contribution is -0.118. The summed E-state index contributed by atoms with van der Waals surface area (Å²) in [7, 11) is 1.30. The molecular formula is C8H15IN2O4. The van der Waals surface area contributed by atoms with Gasteiger partial charge in [-0.2, -0.15) is 0 Å². The summed E-state index contributed by atoms with van der Waals surface area (Å²) in [5, 5.41) is 5.13. The van der Waals surface area contributed by atoms with Crippen molar-refractivity contribution < 1.29 is 19.1 Å². The van der Waals surface area contributed by atoms with Crippen LogP contribution in [0.5, 0.6) is 0 Å². The number of rotatable bonds is 7. The molecule has 0 fully saturated rings. The molecule has 0 aliphatic carbocycles. The first-order valence-corrected chi connectivity index (χ1v) is 5.95. The van der Waals surface area contributed by atoms with Crippen LogP contribution in [-0.2, 0) is 14.3 Å². The van der Waals surface area contributed by atoms with Crippen molar-refractivity contribution in [2.45, 2.75) is 0 Å². The normalized spacial score (nSPS) is 9.47. The summed E-state index contributed by atoms with van der Waals surface area (Å²) in [6, 6.07) is 0. The van der Waals surface area contributed by atoms with Crippen LogP contribution in [0.25, 0.3) is 0 Å². The second-order valence-corrected chi connectivity index (χ2v) is 3.28. The molecule has 0 atom stereocenters. The lowest BCUT2D eigenvalue weighted by Gasteiger charge is -2.06. The number of carbonyl (C=O) groups is 2. The maximum atomic E-state index is 10.8. The van der Waals surface area contributed by atoms with E-state index in [9.17, 15) is 9.59 Å². The van der Waals surface area contributed by atoms with Gasteiger partial charge in [-0.1, -0.05) is 22.6 Å². The highest BCUT2D eigenvalue weighted by molar-refractivity contribution is 14.1. The zero-order valence-electron chi connectivity index (χ0n) is 8.55. The number of alkyl carbamates (subject to hydrolysis) is 1. The topological polar surface area (TPSA) is 76.7 Å². The summed E-state index contributed by atoms with van der Waals surface area (Å²) in [5.41, 5.74) is 0. The molecule has 0 aromatic carbocycles. The number of hydrogen-bond acceptors (Lipinski definition) is 4. The van der Waals surface area contributed by atoms with Crippen molar-refractivity contribution in [1.29, 1.82) is 0 Å². The zero-order valence-corrected chi connectivity index (χ0v) is 10.7. The molecule has 0 spiro atoms. The van der Waals surface area contributed by atoms with E-state index in [-0.39, 0.29) is 5.91 Å². The van der Waals surface area contributed by atoms with Gasteiger partial charge in [0.15, 0.2) is 0 Å². The third-order valence-corrected chi connectivity index (χ3v) is 2.08. The van der Waals surface area contributed by atoms with E-state index in [4.69, 9.17) is 4.74 Å². The number of hydrogen-bond donors (Lipinski definition) is 2.